The Hall–Kier alpha value is -1.31. The second-order valence-electron chi connectivity index (χ2n) is 5.30. The van der Waals surface area contributed by atoms with Gasteiger partial charge in [-0.05, 0) is 37.5 Å². The molecule has 0 bridgehead atoms. The Bertz CT molecular complexity index is 589. The summed E-state index contributed by atoms with van der Waals surface area (Å²) in [5.74, 6) is 0.478. The molecule has 1 aliphatic heterocycles. The molecule has 0 aliphatic carbocycles. The van der Waals surface area contributed by atoms with Gasteiger partial charge in [0.05, 0.1) is 12.8 Å². The van der Waals surface area contributed by atoms with Crippen molar-refractivity contribution in [2.75, 3.05) is 18.4 Å². The molecule has 6 nitrogen and oxygen atoms in total. The summed E-state index contributed by atoms with van der Waals surface area (Å²) in [4.78, 5) is 0. The number of nitrogens with one attached hydrogen (secondary N) is 1. The number of piperidine rings is 1. The van der Waals surface area contributed by atoms with E-state index in [1.165, 1.54) is 11.4 Å². The Morgan fingerprint density at radius 1 is 1.43 bits per heavy atom. The average molecular weight is 313 g/mol. The predicted octanol–water partition coefficient (Wildman–Crippen LogP) is 1.69. The van der Waals surface area contributed by atoms with Gasteiger partial charge in [-0.25, -0.2) is 0 Å². The Labute approximate surface area is 126 Å². The van der Waals surface area contributed by atoms with Crippen molar-refractivity contribution in [3.05, 3.63) is 23.8 Å². The average Bonchev–Trinajstić information content (AvgIpc) is 2.47. The van der Waals surface area contributed by atoms with Crippen molar-refractivity contribution in [3.8, 4) is 5.75 Å². The number of ether oxygens (including phenoxy) is 1. The smallest absolute Gasteiger partial charge is 0.302 e. The van der Waals surface area contributed by atoms with Gasteiger partial charge in [0.15, 0.2) is 0 Å². The van der Waals surface area contributed by atoms with Crippen LogP contribution in [0.1, 0.15) is 31.7 Å². The van der Waals surface area contributed by atoms with Crippen molar-refractivity contribution in [1.82, 2.24) is 4.31 Å². The van der Waals surface area contributed by atoms with Crippen molar-refractivity contribution in [2.45, 2.75) is 38.8 Å². The number of benzene rings is 1. The van der Waals surface area contributed by atoms with Gasteiger partial charge < -0.3 is 10.5 Å². The molecule has 1 heterocycles. The molecule has 1 unspecified atom stereocenters. The summed E-state index contributed by atoms with van der Waals surface area (Å²) in [6.07, 6.45) is 2.86. The lowest BCUT2D eigenvalue weighted by atomic mass is 10.1. The van der Waals surface area contributed by atoms with Crippen LogP contribution in [0.5, 0.6) is 5.75 Å². The Balaban J connectivity index is 2.23. The van der Waals surface area contributed by atoms with E-state index in [9.17, 15) is 8.42 Å². The summed E-state index contributed by atoms with van der Waals surface area (Å²) in [6.45, 7) is 2.87. The molecule has 0 aromatic heterocycles. The third-order valence-corrected chi connectivity index (χ3v) is 5.43. The number of rotatable bonds is 5. The maximum absolute atomic E-state index is 12.5. The van der Waals surface area contributed by atoms with Gasteiger partial charge in [0.2, 0.25) is 0 Å². The van der Waals surface area contributed by atoms with Crippen LogP contribution in [0.4, 0.5) is 5.69 Å². The molecule has 7 heteroatoms. The van der Waals surface area contributed by atoms with Crippen LogP contribution >= 0.6 is 0 Å². The Morgan fingerprint density at radius 2 is 2.19 bits per heavy atom. The van der Waals surface area contributed by atoms with E-state index in [0.29, 0.717) is 24.5 Å². The Morgan fingerprint density at radius 3 is 2.81 bits per heavy atom. The molecule has 0 amide bonds. The summed E-state index contributed by atoms with van der Waals surface area (Å²) in [6, 6.07) is 5.25. The van der Waals surface area contributed by atoms with Crippen LogP contribution in [0, 0.1) is 0 Å². The van der Waals surface area contributed by atoms with E-state index < -0.39 is 10.2 Å². The van der Waals surface area contributed by atoms with Gasteiger partial charge >= 0.3 is 10.2 Å². The minimum Gasteiger partial charge on any atom is -0.495 e. The molecule has 1 atom stereocenters. The van der Waals surface area contributed by atoms with E-state index in [0.717, 1.165) is 24.8 Å². The SMILES string of the molecule is COc1cc(CN)ccc1NS(=O)(=O)N1CCCCC1C. The highest BCUT2D eigenvalue weighted by atomic mass is 32.2. The largest absolute Gasteiger partial charge is 0.495 e. The minimum atomic E-state index is -3.57. The zero-order valence-corrected chi connectivity index (χ0v) is 13.3. The van der Waals surface area contributed by atoms with E-state index >= 15 is 0 Å². The van der Waals surface area contributed by atoms with Crippen LogP contribution < -0.4 is 15.2 Å². The van der Waals surface area contributed by atoms with Gasteiger partial charge in [-0.3, -0.25) is 4.72 Å². The highest BCUT2D eigenvalue weighted by Gasteiger charge is 2.30. The van der Waals surface area contributed by atoms with Crippen LogP contribution in [-0.4, -0.2) is 32.4 Å². The molecule has 1 aromatic rings. The van der Waals surface area contributed by atoms with E-state index in [1.807, 2.05) is 6.92 Å². The van der Waals surface area contributed by atoms with Crippen LogP contribution in [0.15, 0.2) is 18.2 Å². The number of nitrogens with zero attached hydrogens (tertiary/aromatic N) is 1. The van der Waals surface area contributed by atoms with Gasteiger partial charge in [0.25, 0.3) is 0 Å². The third kappa shape index (κ3) is 3.66. The first-order valence-electron chi connectivity index (χ1n) is 7.14. The topological polar surface area (TPSA) is 84.7 Å². The number of anilines is 1. The fourth-order valence-electron chi connectivity index (χ4n) is 2.57. The molecule has 118 valence electrons. The highest BCUT2D eigenvalue weighted by Crippen LogP contribution is 2.28. The molecule has 0 spiro atoms. The molecule has 3 N–H and O–H groups in total. The van der Waals surface area contributed by atoms with Crippen molar-refractivity contribution < 1.29 is 13.2 Å². The summed E-state index contributed by atoms with van der Waals surface area (Å²) in [5, 5.41) is 0. The molecule has 1 fully saturated rings. The van der Waals surface area contributed by atoms with Crippen molar-refractivity contribution in [1.29, 1.82) is 0 Å². The third-order valence-electron chi connectivity index (χ3n) is 3.79. The first-order valence-corrected chi connectivity index (χ1v) is 8.58. The maximum Gasteiger partial charge on any atom is 0.302 e. The molecule has 1 saturated heterocycles. The van der Waals surface area contributed by atoms with Gasteiger partial charge in [-0.1, -0.05) is 12.5 Å². The van der Waals surface area contributed by atoms with Crippen LogP contribution in [0.3, 0.4) is 0 Å². The first kappa shape index (κ1) is 16.1. The van der Waals surface area contributed by atoms with Gasteiger partial charge in [-0.2, -0.15) is 12.7 Å². The van der Waals surface area contributed by atoms with E-state index in [2.05, 4.69) is 4.72 Å². The lowest BCUT2D eigenvalue weighted by Crippen LogP contribution is -2.44. The second kappa shape index (κ2) is 6.64. The fraction of sp³-hybridized carbons (Fsp3) is 0.571. The van der Waals surface area contributed by atoms with Crippen LogP contribution in [-0.2, 0) is 16.8 Å². The van der Waals surface area contributed by atoms with E-state index in [-0.39, 0.29) is 6.04 Å². The molecule has 2 rings (SSSR count). The van der Waals surface area contributed by atoms with Crippen molar-refractivity contribution in [3.63, 3.8) is 0 Å². The maximum atomic E-state index is 12.5. The second-order valence-corrected chi connectivity index (χ2v) is 6.92. The normalized spacial score (nSPS) is 20.2. The molecular weight excluding hydrogens is 290 g/mol. The quantitative estimate of drug-likeness (QED) is 0.866. The highest BCUT2D eigenvalue weighted by molar-refractivity contribution is 7.90. The Kier molecular flexibility index (Phi) is 5.08. The predicted molar refractivity (Wildman–Crippen MR) is 83.4 cm³/mol. The van der Waals surface area contributed by atoms with Crippen LogP contribution in [0.25, 0.3) is 0 Å². The number of hydrogen-bond donors (Lipinski definition) is 2. The zero-order chi connectivity index (χ0) is 15.5. The number of methoxy groups -OCH3 is 1. The summed E-state index contributed by atoms with van der Waals surface area (Å²) in [7, 11) is -2.05. The molecule has 21 heavy (non-hydrogen) atoms. The van der Waals surface area contributed by atoms with Gasteiger partial charge in [-0.15, -0.1) is 0 Å². The molecule has 1 aliphatic rings. The zero-order valence-electron chi connectivity index (χ0n) is 12.5. The van der Waals surface area contributed by atoms with E-state index in [4.69, 9.17) is 10.5 Å². The first-order chi connectivity index (χ1) is 9.97. The summed E-state index contributed by atoms with van der Waals surface area (Å²) >= 11 is 0. The summed E-state index contributed by atoms with van der Waals surface area (Å²) < 4.78 is 34.4. The van der Waals surface area contributed by atoms with Crippen LogP contribution in [0.2, 0.25) is 0 Å². The van der Waals surface area contributed by atoms with Gasteiger partial charge in [0.1, 0.15) is 5.75 Å². The summed E-state index contributed by atoms with van der Waals surface area (Å²) in [5.41, 5.74) is 6.91. The number of hydrogen-bond acceptors (Lipinski definition) is 4. The molecule has 0 saturated carbocycles. The lowest BCUT2D eigenvalue weighted by molar-refractivity contribution is 0.270. The molecule has 0 radical (unpaired) electrons. The molecular formula is C14H23N3O3S. The fourth-order valence-corrected chi connectivity index (χ4v) is 4.09. The lowest BCUT2D eigenvalue weighted by Gasteiger charge is -2.32. The standard InChI is InChI=1S/C14H23N3O3S/c1-11-5-3-4-8-17(11)21(18,19)16-13-7-6-12(10-15)9-14(13)20-2/h6-7,9,11,16H,3-5,8,10,15H2,1-2H3. The van der Waals surface area contributed by atoms with Crippen molar-refractivity contribution in [2.24, 2.45) is 5.73 Å². The number of nitrogens with two attached hydrogens (primary N) is 1. The monoisotopic (exact) mass is 313 g/mol. The van der Waals surface area contributed by atoms with E-state index in [1.54, 1.807) is 18.2 Å². The molecule has 1 aromatic carbocycles. The minimum absolute atomic E-state index is 0.0190. The van der Waals surface area contributed by atoms with Crippen molar-refractivity contribution >= 4 is 15.9 Å². The van der Waals surface area contributed by atoms with Gasteiger partial charge in [0, 0.05) is 19.1 Å².